The first-order valence-electron chi connectivity index (χ1n) is 9.63. The van der Waals surface area contributed by atoms with E-state index in [1.807, 2.05) is 0 Å². The van der Waals surface area contributed by atoms with Crippen molar-refractivity contribution in [1.82, 2.24) is 0 Å². The van der Waals surface area contributed by atoms with Gasteiger partial charge in [-0.3, -0.25) is 4.55 Å². The Balaban J connectivity index is 3.14. The maximum atomic E-state index is 10.6. The van der Waals surface area contributed by atoms with E-state index >= 15 is 0 Å². The van der Waals surface area contributed by atoms with Crippen LogP contribution in [-0.4, -0.2) is 23.5 Å². The molecule has 0 saturated heterocycles. The van der Waals surface area contributed by atoms with Crippen molar-refractivity contribution >= 4 is 10.1 Å². The monoisotopic (exact) mass is 350 g/mol. The fraction of sp³-hybridized carbons (Fsp3) is 1.00. The number of hydrogen-bond donors (Lipinski definition) is 2. The molecule has 0 aliphatic rings. The normalized spacial score (nSPS) is 13.3. The number of rotatable bonds is 17. The van der Waals surface area contributed by atoms with Gasteiger partial charge in [-0.25, -0.2) is 0 Å². The average Bonchev–Trinajstić information content (AvgIpc) is 2.50. The molecule has 0 bridgehead atoms. The molecule has 5 heteroatoms. The predicted molar refractivity (Wildman–Crippen MR) is 97.1 cm³/mol. The van der Waals surface area contributed by atoms with E-state index in [-0.39, 0.29) is 6.42 Å². The highest BCUT2D eigenvalue weighted by Crippen LogP contribution is 2.14. The van der Waals surface area contributed by atoms with Crippen LogP contribution in [0.3, 0.4) is 0 Å². The van der Waals surface area contributed by atoms with E-state index in [0.717, 1.165) is 12.8 Å². The molecule has 1 unspecified atom stereocenters. The van der Waals surface area contributed by atoms with Gasteiger partial charge in [0.1, 0.15) is 0 Å². The topological polar surface area (TPSA) is 74.6 Å². The number of aliphatic hydroxyl groups excluding tert-OH is 1. The van der Waals surface area contributed by atoms with Gasteiger partial charge in [0.2, 0.25) is 0 Å². The average molecular weight is 351 g/mol. The molecule has 0 fully saturated rings. The summed E-state index contributed by atoms with van der Waals surface area (Å²) in [6.07, 6.45) is 18.9. The Morgan fingerprint density at radius 1 is 0.652 bits per heavy atom. The molecule has 0 spiro atoms. The third kappa shape index (κ3) is 16.5. The molecule has 0 heterocycles. The lowest BCUT2D eigenvalue weighted by Gasteiger charge is -2.06. The van der Waals surface area contributed by atoms with Crippen molar-refractivity contribution in [3.8, 4) is 0 Å². The Morgan fingerprint density at radius 2 is 0.957 bits per heavy atom. The van der Waals surface area contributed by atoms with Gasteiger partial charge >= 0.3 is 0 Å². The summed E-state index contributed by atoms with van der Waals surface area (Å²) >= 11 is 0. The van der Waals surface area contributed by atoms with Crippen molar-refractivity contribution in [2.75, 3.05) is 0 Å². The minimum Gasteiger partial charge on any atom is -0.375 e. The lowest BCUT2D eigenvalue weighted by atomic mass is 10.0. The zero-order valence-electron chi connectivity index (χ0n) is 15.0. The van der Waals surface area contributed by atoms with Crippen molar-refractivity contribution < 1.29 is 18.1 Å². The Bertz CT molecular complexity index is 341. The standard InChI is InChI=1S/C18H38O4S/c1-2-3-4-5-6-7-8-9-10-11-12-13-14-15-16-17-18(19)23(20,21)22/h18-19H,2-17H2,1H3,(H,20,21,22). The Labute approximate surface area is 143 Å². The van der Waals surface area contributed by atoms with Gasteiger partial charge in [-0.05, 0) is 12.8 Å². The van der Waals surface area contributed by atoms with Crippen LogP contribution in [0.1, 0.15) is 110 Å². The van der Waals surface area contributed by atoms with Crippen LogP contribution in [0.5, 0.6) is 0 Å². The van der Waals surface area contributed by atoms with E-state index in [4.69, 9.17) is 9.66 Å². The molecule has 4 nitrogen and oxygen atoms in total. The molecule has 0 radical (unpaired) electrons. The van der Waals surface area contributed by atoms with Gasteiger partial charge in [0.05, 0.1) is 0 Å². The summed E-state index contributed by atoms with van der Waals surface area (Å²) in [6, 6.07) is 0. The van der Waals surface area contributed by atoms with Crippen LogP contribution in [0.2, 0.25) is 0 Å². The second kappa shape index (κ2) is 15.4. The molecule has 0 aromatic heterocycles. The highest BCUT2D eigenvalue weighted by molar-refractivity contribution is 7.86. The van der Waals surface area contributed by atoms with E-state index in [0.29, 0.717) is 6.42 Å². The minimum absolute atomic E-state index is 0.136. The summed E-state index contributed by atoms with van der Waals surface area (Å²) in [5.41, 5.74) is -1.61. The quantitative estimate of drug-likeness (QED) is 0.270. The molecule has 0 aromatic carbocycles. The maximum absolute atomic E-state index is 10.6. The molecule has 0 amide bonds. The second-order valence-electron chi connectivity index (χ2n) is 6.71. The smallest absolute Gasteiger partial charge is 0.291 e. The van der Waals surface area contributed by atoms with Gasteiger partial charge in [0.15, 0.2) is 5.44 Å². The molecule has 1 atom stereocenters. The predicted octanol–water partition coefficient (Wildman–Crippen LogP) is 5.45. The molecule has 0 saturated carbocycles. The number of hydrogen-bond acceptors (Lipinski definition) is 3. The molecule has 140 valence electrons. The number of aliphatic hydroxyl groups is 1. The van der Waals surface area contributed by atoms with E-state index in [1.54, 1.807) is 0 Å². The van der Waals surface area contributed by atoms with Crippen LogP contribution in [0.4, 0.5) is 0 Å². The van der Waals surface area contributed by atoms with Crippen molar-refractivity contribution in [2.24, 2.45) is 0 Å². The van der Waals surface area contributed by atoms with Gasteiger partial charge in [-0.1, -0.05) is 96.8 Å². The van der Waals surface area contributed by atoms with Gasteiger partial charge in [-0.15, -0.1) is 0 Å². The third-order valence-electron chi connectivity index (χ3n) is 4.40. The minimum atomic E-state index is -4.27. The van der Waals surface area contributed by atoms with Crippen molar-refractivity contribution in [3.05, 3.63) is 0 Å². The maximum Gasteiger partial charge on any atom is 0.291 e. The first-order valence-corrected chi connectivity index (χ1v) is 11.1. The van der Waals surface area contributed by atoms with Gasteiger partial charge in [0, 0.05) is 0 Å². The highest BCUT2D eigenvalue weighted by Gasteiger charge is 2.18. The highest BCUT2D eigenvalue weighted by atomic mass is 32.2. The fourth-order valence-corrected chi connectivity index (χ4v) is 3.30. The molecule has 0 aromatic rings. The van der Waals surface area contributed by atoms with Crippen LogP contribution < -0.4 is 0 Å². The van der Waals surface area contributed by atoms with Crippen molar-refractivity contribution in [2.45, 2.75) is 115 Å². The van der Waals surface area contributed by atoms with Crippen molar-refractivity contribution in [3.63, 3.8) is 0 Å². The Hall–Kier alpha value is -0.130. The van der Waals surface area contributed by atoms with Crippen LogP contribution in [0.15, 0.2) is 0 Å². The van der Waals surface area contributed by atoms with Crippen LogP contribution in [0.25, 0.3) is 0 Å². The van der Waals surface area contributed by atoms with Crippen LogP contribution in [-0.2, 0) is 10.1 Å². The zero-order chi connectivity index (χ0) is 17.4. The van der Waals surface area contributed by atoms with Crippen LogP contribution in [0, 0.1) is 0 Å². The largest absolute Gasteiger partial charge is 0.375 e. The first-order chi connectivity index (χ1) is 11.0. The summed E-state index contributed by atoms with van der Waals surface area (Å²) in [4.78, 5) is 0. The Morgan fingerprint density at radius 3 is 1.26 bits per heavy atom. The molecule has 0 aliphatic heterocycles. The molecular weight excluding hydrogens is 312 g/mol. The summed E-state index contributed by atoms with van der Waals surface area (Å²) in [7, 11) is -4.27. The van der Waals surface area contributed by atoms with Crippen molar-refractivity contribution in [1.29, 1.82) is 0 Å². The summed E-state index contributed by atoms with van der Waals surface area (Å²) in [5.74, 6) is 0. The zero-order valence-corrected chi connectivity index (χ0v) is 15.8. The molecule has 0 rings (SSSR count). The summed E-state index contributed by atoms with van der Waals surface area (Å²) in [6.45, 7) is 2.25. The fourth-order valence-electron chi connectivity index (χ4n) is 2.84. The van der Waals surface area contributed by atoms with Gasteiger partial charge in [0.25, 0.3) is 10.1 Å². The van der Waals surface area contributed by atoms with E-state index in [2.05, 4.69) is 6.92 Å². The first kappa shape index (κ1) is 22.9. The van der Waals surface area contributed by atoms with E-state index < -0.39 is 15.6 Å². The Kier molecular flexibility index (Phi) is 15.3. The van der Waals surface area contributed by atoms with E-state index in [1.165, 1.54) is 77.0 Å². The molecule has 23 heavy (non-hydrogen) atoms. The lowest BCUT2D eigenvalue weighted by Crippen LogP contribution is -2.19. The van der Waals surface area contributed by atoms with E-state index in [9.17, 15) is 8.42 Å². The molecule has 2 N–H and O–H groups in total. The third-order valence-corrected chi connectivity index (χ3v) is 5.32. The summed E-state index contributed by atoms with van der Waals surface area (Å²) < 4.78 is 29.9. The van der Waals surface area contributed by atoms with Gasteiger partial charge < -0.3 is 5.11 Å². The SMILES string of the molecule is CCCCCCCCCCCCCCCCCC(O)S(=O)(=O)O. The molecular formula is C18H38O4S. The van der Waals surface area contributed by atoms with Crippen LogP contribution >= 0.6 is 0 Å². The van der Waals surface area contributed by atoms with Gasteiger partial charge in [-0.2, -0.15) is 8.42 Å². The molecule has 0 aliphatic carbocycles. The second-order valence-corrected chi connectivity index (χ2v) is 8.28. The summed E-state index contributed by atoms with van der Waals surface area (Å²) in [5, 5.41) is 9.15. The number of unbranched alkanes of at least 4 members (excludes halogenated alkanes) is 14. The lowest BCUT2D eigenvalue weighted by molar-refractivity contribution is 0.219.